The van der Waals surface area contributed by atoms with Crippen LogP contribution in [0.15, 0.2) is 218 Å². The molecule has 0 radical (unpaired) electrons. The highest BCUT2D eigenvalue weighted by molar-refractivity contribution is 6.49. The molecule has 0 unspecified atom stereocenters. The number of rotatable bonds is 4. The van der Waals surface area contributed by atoms with Crippen molar-refractivity contribution in [2.75, 3.05) is 0 Å². The average molecular weight is 789 g/mol. The van der Waals surface area contributed by atoms with E-state index in [4.69, 9.17) is 0 Å². The van der Waals surface area contributed by atoms with E-state index < -0.39 is 0 Å². The Hall–Kier alpha value is -8.34. The van der Waals surface area contributed by atoms with Gasteiger partial charge >= 0.3 is 0 Å². The summed E-state index contributed by atoms with van der Waals surface area (Å²) in [7, 11) is 0. The Bertz CT molecular complexity index is 3580. The van der Waals surface area contributed by atoms with Crippen molar-refractivity contribution in [3.63, 3.8) is 0 Å². The summed E-state index contributed by atoms with van der Waals surface area (Å²) >= 11 is 0. The molecular weight excluding hydrogens is 753 g/mol. The van der Waals surface area contributed by atoms with E-state index in [0.717, 1.165) is 22.7 Å². The summed E-state index contributed by atoms with van der Waals surface area (Å²) < 4.78 is 10.1. The first-order valence-corrected chi connectivity index (χ1v) is 21.4. The van der Waals surface area contributed by atoms with Crippen LogP contribution in [0.4, 0.5) is 0 Å². The van der Waals surface area contributed by atoms with Crippen LogP contribution in [0.5, 0.6) is 0 Å². The average Bonchev–Trinajstić information content (AvgIpc) is 4.08. The molecule has 0 N–H and O–H groups in total. The van der Waals surface area contributed by atoms with Crippen LogP contribution in [0.3, 0.4) is 0 Å². The van der Waals surface area contributed by atoms with Crippen LogP contribution in [0.2, 0.25) is 0 Å². The third-order valence-electron chi connectivity index (χ3n) is 13.3. The number of hydrogen-bond donors (Lipinski definition) is 0. The van der Waals surface area contributed by atoms with Crippen LogP contribution in [-0.4, -0.2) is 18.3 Å². The SMILES string of the molecule is c1ccc(-n2c3ccccc3c3c4c(c5c6ccccc6n(-c6ccccc6)c5c32)c2c3ccccc3n(-c3ccccc3)c2c2c4c3ccccc3n2-c2ccccc2)cc1. The fraction of sp³-hybridized carbons (Fsp3) is 0. The Morgan fingerprint density at radius 2 is 0.371 bits per heavy atom. The van der Waals surface area contributed by atoms with Crippen LogP contribution >= 0.6 is 0 Å². The summed E-state index contributed by atoms with van der Waals surface area (Å²) in [6.45, 7) is 0. The highest BCUT2D eigenvalue weighted by Crippen LogP contribution is 2.54. The van der Waals surface area contributed by atoms with Gasteiger partial charge in [-0.2, -0.15) is 0 Å². The van der Waals surface area contributed by atoms with Crippen LogP contribution in [-0.2, 0) is 0 Å². The van der Waals surface area contributed by atoms with Crippen molar-refractivity contribution in [2.45, 2.75) is 0 Å². The van der Waals surface area contributed by atoms with Crippen molar-refractivity contribution in [3.05, 3.63) is 218 Å². The largest absolute Gasteiger partial charge is 0.307 e. The highest BCUT2D eigenvalue weighted by atomic mass is 15.1. The molecule has 0 spiro atoms. The topological polar surface area (TPSA) is 19.7 Å². The van der Waals surface area contributed by atoms with Gasteiger partial charge in [-0.3, -0.25) is 0 Å². The van der Waals surface area contributed by atoms with E-state index in [1.807, 2.05) is 0 Å². The van der Waals surface area contributed by atoms with Gasteiger partial charge in [0.2, 0.25) is 0 Å². The fourth-order valence-electron chi connectivity index (χ4n) is 11.0. The second-order valence-corrected chi connectivity index (χ2v) is 16.4. The fourth-order valence-corrected chi connectivity index (χ4v) is 11.0. The van der Waals surface area contributed by atoms with Gasteiger partial charge in [-0.15, -0.1) is 0 Å². The highest BCUT2D eigenvalue weighted by Gasteiger charge is 2.31. The number of fused-ring (bicyclic) bond motifs is 19. The van der Waals surface area contributed by atoms with Gasteiger partial charge in [0.25, 0.3) is 0 Å². The zero-order valence-electron chi connectivity index (χ0n) is 33.6. The lowest BCUT2D eigenvalue weighted by molar-refractivity contribution is 1.15. The van der Waals surface area contributed by atoms with Crippen molar-refractivity contribution in [1.82, 2.24) is 18.3 Å². The van der Waals surface area contributed by atoms with Gasteiger partial charge in [-0.05, 0) is 72.8 Å². The molecule has 0 saturated heterocycles. The minimum Gasteiger partial charge on any atom is -0.307 e. The predicted octanol–water partition coefficient (Wildman–Crippen LogP) is 15.2. The molecule has 0 aliphatic rings. The molecule has 0 atom stereocenters. The van der Waals surface area contributed by atoms with Crippen molar-refractivity contribution >= 4 is 98.0 Å². The molecule has 288 valence electrons. The van der Waals surface area contributed by atoms with Gasteiger partial charge in [0.1, 0.15) is 0 Å². The van der Waals surface area contributed by atoms with Gasteiger partial charge in [0, 0.05) is 76.6 Å². The number of benzene rings is 10. The molecule has 0 aliphatic carbocycles. The number of nitrogens with zero attached hydrogens (tertiary/aromatic N) is 4. The maximum Gasteiger partial charge on any atom is 0.0795 e. The monoisotopic (exact) mass is 788 g/mol. The van der Waals surface area contributed by atoms with E-state index in [1.165, 1.54) is 98.0 Å². The minimum atomic E-state index is 1.13. The van der Waals surface area contributed by atoms with Crippen LogP contribution in [0, 0.1) is 0 Å². The van der Waals surface area contributed by atoms with Gasteiger partial charge in [0.05, 0.1) is 44.1 Å². The maximum absolute atomic E-state index is 2.53. The molecule has 4 nitrogen and oxygen atoms in total. The Morgan fingerprint density at radius 1 is 0.177 bits per heavy atom. The normalized spacial score (nSPS) is 12.2. The molecule has 0 amide bonds. The van der Waals surface area contributed by atoms with E-state index in [1.54, 1.807) is 0 Å². The number of hydrogen-bond acceptors (Lipinski definition) is 0. The van der Waals surface area contributed by atoms with Crippen LogP contribution in [0.25, 0.3) is 121 Å². The standard InChI is InChI=1S/C58H36N4/c1-5-21-37(22-6-1)59-45-33-17-13-29-41(45)49-53-51-43-31-15-19-35-47(43)61(39-25-9-3-10-26-39)57(51)58-52(44-32-16-20-36-48(44)62(58)40-27-11-4-12-28-40)54(53)50-42-30-14-18-34-46(42)60(56(50)55(49)59)38-23-7-2-8-24-38/h1-36H. The Morgan fingerprint density at radius 3 is 0.597 bits per heavy atom. The molecule has 14 rings (SSSR count). The van der Waals surface area contributed by atoms with Gasteiger partial charge in [0.15, 0.2) is 0 Å². The molecule has 4 heterocycles. The summed E-state index contributed by atoms with van der Waals surface area (Å²) in [5, 5.41) is 12.5. The quantitative estimate of drug-likeness (QED) is 0.169. The molecule has 0 saturated carbocycles. The van der Waals surface area contributed by atoms with E-state index in [0.29, 0.717) is 0 Å². The van der Waals surface area contributed by atoms with E-state index in [9.17, 15) is 0 Å². The number of aromatic nitrogens is 4. The molecule has 0 fully saturated rings. The molecule has 0 aliphatic heterocycles. The zero-order valence-corrected chi connectivity index (χ0v) is 33.6. The molecule has 4 heteroatoms. The smallest absolute Gasteiger partial charge is 0.0795 e. The van der Waals surface area contributed by atoms with Gasteiger partial charge < -0.3 is 18.3 Å². The summed E-state index contributed by atoms with van der Waals surface area (Å²) in [5.74, 6) is 0. The predicted molar refractivity (Wildman–Crippen MR) is 261 cm³/mol. The van der Waals surface area contributed by atoms with Crippen molar-refractivity contribution in [3.8, 4) is 22.7 Å². The number of para-hydroxylation sites is 8. The first-order valence-electron chi connectivity index (χ1n) is 21.4. The minimum absolute atomic E-state index is 1.13. The lowest BCUT2D eigenvalue weighted by Crippen LogP contribution is -2.00. The first-order chi connectivity index (χ1) is 30.9. The Labute approximate surface area is 355 Å². The molecule has 0 bridgehead atoms. The summed E-state index contributed by atoms with van der Waals surface area (Å²) in [4.78, 5) is 0. The summed E-state index contributed by atoms with van der Waals surface area (Å²) in [6.07, 6.45) is 0. The molecule has 4 aromatic heterocycles. The second-order valence-electron chi connectivity index (χ2n) is 16.4. The van der Waals surface area contributed by atoms with E-state index in [-0.39, 0.29) is 0 Å². The van der Waals surface area contributed by atoms with E-state index in [2.05, 4.69) is 237 Å². The Balaban J connectivity index is 1.43. The molecule has 10 aromatic carbocycles. The molecular formula is C58H36N4. The lowest BCUT2D eigenvalue weighted by atomic mass is 9.91. The summed E-state index contributed by atoms with van der Waals surface area (Å²) in [5.41, 5.74) is 14.0. The summed E-state index contributed by atoms with van der Waals surface area (Å²) in [6, 6.07) is 80.0. The van der Waals surface area contributed by atoms with E-state index >= 15 is 0 Å². The van der Waals surface area contributed by atoms with Gasteiger partial charge in [-0.1, -0.05) is 146 Å². The van der Waals surface area contributed by atoms with Crippen molar-refractivity contribution in [2.24, 2.45) is 0 Å². The van der Waals surface area contributed by atoms with Crippen molar-refractivity contribution in [1.29, 1.82) is 0 Å². The molecule has 14 aromatic rings. The van der Waals surface area contributed by atoms with Gasteiger partial charge in [-0.25, -0.2) is 0 Å². The Kier molecular flexibility index (Phi) is 6.80. The zero-order chi connectivity index (χ0) is 40.5. The lowest BCUT2D eigenvalue weighted by Gasteiger charge is -2.17. The second kappa shape index (κ2) is 12.6. The van der Waals surface area contributed by atoms with Crippen LogP contribution in [0.1, 0.15) is 0 Å². The van der Waals surface area contributed by atoms with Crippen molar-refractivity contribution < 1.29 is 0 Å². The van der Waals surface area contributed by atoms with Crippen LogP contribution < -0.4 is 0 Å². The molecule has 62 heavy (non-hydrogen) atoms. The third kappa shape index (κ3) is 4.30. The first kappa shape index (κ1) is 33.5. The third-order valence-corrected chi connectivity index (χ3v) is 13.3. The maximum atomic E-state index is 2.53.